The molecular weight excluding hydrogens is 397 g/mol. The van der Waals surface area contributed by atoms with Gasteiger partial charge in [0, 0.05) is 38.6 Å². The number of pyridine rings is 1. The monoisotopic (exact) mass is 431 g/mol. The summed E-state index contributed by atoms with van der Waals surface area (Å²) in [6, 6.07) is 27.1. The Morgan fingerprint density at radius 2 is 1.61 bits per heavy atom. The first-order valence-corrected chi connectivity index (χ1v) is 12.8. The van der Waals surface area contributed by atoms with Crippen LogP contribution in [0.25, 0.3) is 0 Å². The van der Waals surface area contributed by atoms with Crippen molar-refractivity contribution < 1.29 is 0 Å². The summed E-state index contributed by atoms with van der Waals surface area (Å²) in [5, 5.41) is 6.84. The smallest absolute Gasteiger partial charge is 0.0562 e. The lowest BCUT2D eigenvalue weighted by Gasteiger charge is -2.34. The fraction of sp³-hybridized carbons (Fsp3) is 0.370. The summed E-state index contributed by atoms with van der Waals surface area (Å²) in [6.45, 7) is 3.20. The van der Waals surface area contributed by atoms with E-state index in [-0.39, 0.29) is 7.92 Å². The molecule has 2 unspecified atom stereocenters. The molecule has 0 aliphatic heterocycles. The van der Waals surface area contributed by atoms with Crippen molar-refractivity contribution in [1.29, 1.82) is 0 Å². The van der Waals surface area contributed by atoms with E-state index >= 15 is 0 Å². The Bertz CT molecular complexity index is 905. The van der Waals surface area contributed by atoms with Gasteiger partial charge >= 0.3 is 0 Å². The van der Waals surface area contributed by atoms with Crippen LogP contribution in [0.2, 0.25) is 0 Å². The van der Waals surface area contributed by atoms with Crippen LogP contribution in [0.4, 0.5) is 5.69 Å². The van der Waals surface area contributed by atoms with E-state index in [0.29, 0.717) is 17.6 Å². The topological polar surface area (TPSA) is 28.2 Å². The second-order valence-electron chi connectivity index (χ2n) is 8.77. The molecule has 0 spiro atoms. The number of anilines is 1. The zero-order valence-corrected chi connectivity index (χ0v) is 19.8. The minimum Gasteiger partial charge on any atom is -0.378 e. The molecule has 2 aromatic carbocycles. The van der Waals surface area contributed by atoms with E-state index < -0.39 is 0 Å². The molecule has 31 heavy (non-hydrogen) atoms. The molecule has 0 radical (unpaired) electrons. The van der Waals surface area contributed by atoms with Gasteiger partial charge in [-0.1, -0.05) is 67.1 Å². The van der Waals surface area contributed by atoms with Gasteiger partial charge in [0.2, 0.25) is 0 Å². The Hall–Kier alpha value is -2.22. The molecule has 3 aromatic rings. The van der Waals surface area contributed by atoms with Crippen LogP contribution in [-0.4, -0.2) is 30.8 Å². The zero-order valence-electron chi connectivity index (χ0n) is 18.9. The molecular formula is C27H34N3P. The van der Waals surface area contributed by atoms with Crippen LogP contribution in [-0.2, 0) is 6.54 Å². The predicted octanol–water partition coefficient (Wildman–Crippen LogP) is 4.93. The minimum absolute atomic E-state index is 0.365. The fourth-order valence-electron chi connectivity index (χ4n) is 4.84. The summed E-state index contributed by atoms with van der Waals surface area (Å²) in [4.78, 5) is 6.72. The van der Waals surface area contributed by atoms with E-state index in [1.165, 1.54) is 35.6 Å². The van der Waals surface area contributed by atoms with Crippen LogP contribution in [0, 0.1) is 5.92 Å². The second-order valence-corrected chi connectivity index (χ2v) is 11.2. The summed E-state index contributed by atoms with van der Waals surface area (Å²) in [6.07, 6.45) is 5.87. The predicted molar refractivity (Wildman–Crippen MR) is 135 cm³/mol. The van der Waals surface area contributed by atoms with Gasteiger partial charge in [-0.25, -0.2) is 0 Å². The Labute approximate surface area is 188 Å². The lowest BCUT2D eigenvalue weighted by molar-refractivity contribution is 0.384. The molecule has 0 amide bonds. The average molecular weight is 432 g/mol. The molecule has 0 saturated heterocycles. The fourth-order valence-corrected chi connectivity index (χ4v) is 8.12. The molecule has 1 aromatic heterocycles. The third-order valence-electron chi connectivity index (χ3n) is 6.50. The SMILES string of the molecule is C[C@@H](NCc1cc(N(C)C)ccn1)C1CCCC1P(c1ccccc1)c1ccccc1. The summed E-state index contributed by atoms with van der Waals surface area (Å²) in [5.41, 5.74) is 3.03. The van der Waals surface area contributed by atoms with Crippen LogP contribution >= 0.6 is 7.92 Å². The van der Waals surface area contributed by atoms with E-state index in [1.54, 1.807) is 0 Å². The molecule has 3 atom stereocenters. The van der Waals surface area contributed by atoms with E-state index in [2.05, 4.69) is 109 Å². The average Bonchev–Trinajstić information content (AvgIpc) is 3.29. The second kappa shape index (κ2) is 10.4. The Kier molecular flexibility index (Phi) is 7.37. The molecule has 1 aliphatic carbocycles. The minimum atomic E-state index is -0.365. The number of nitrogens with zero attached hydrogens (tertiary/aromatic N) is 2. The lowest BCUT2D eigenvalue weighted by atomic mass is 9.99. The molecule has 1 aliphatic rings. The van der Waals surface area contributed by atoms with Gasteiger partial charge < -0.3 is 10.2 Å². The van der Waals surface area contributed by atoms with Gasteiger partial charge in [0.15, 0.2) is 0 Å². The van der Waals surface area contributed by atoms with Crippen molar-refractivity contribution in [2.45, 2.75) is 44.4 Å². The maximum absolute atomic E-state index is 4.58. The molecule has 1 fully saturated rings. The first-order chi connectivity index (χ1) is 15.1. The third-order valence-corrected chi connectivity index (χ3v) is 9.51. The van der Waals surface area contributed by atoms with Crippen molar-refractivity contribution in [3.05, 3.63) is 84.7 Å². The third kappa shape index (κ3) is 5.34. The number of rotatable bonds is 8. The van der Waals surface area contributed by atoms with Gasteiger partial charge in [-0.2, -0.15) is 0 Å². The first kappa shape index (κ1) is 22.0. The molecule has 3 nitrogen and oxygen atoms in total. The standard InChI is InChI=1S/C27H34N3P/c1-21(29-20-22-19-23(30(2)3)17-18-28-22)26-15-10-16-27(26)31(24-11-6-4-7-12-24)25-13-8-5-9-14-25/h4-9,11-14,17-19,21,26-27,29H,10,15-16,20H2,1-3H3/t21-,26?,27?/m1/s1. The Morgan fingerprint density at radius 3 is 2.23 bits per heavy atom. The first-order valence-electron chi connectivity index (χ1n) is 11.4. The summed E-state index contributed by atoms with van der Waals surface area (Å²) in [7, 11) is 3.79. The van der Waals surface area contributed by atoms with Gasteiger partial charge in [0.05, 0.1) is 5.69 Å². The summed E-state index contributed by atoms with van der Waals surface area (Å²) >= 11 is 0. The Balaban J connectivity index is 1.52. The van der Waals surface area contributed by atoms with E-state index in [9.17, 15) is 0 Å². The highest BCUT2D eigenvalue weighted by atomic mass is 31.1. The van der Waals surface area contributed by atoms with Crippen LogP contribution in [0.15, 0.2) is 79.0 Å². The normalized spacial score (nSPS) is 19.5. The van der Waals surface area contributed by atoms with Crippen molar-refractivity contribution in [1.82, 2.24) is 10.3 Å². The van der Waals surface area contributed by atoms with Gasteiger partial charge in [-0.3, -0.25) is 4.98 Å². The van der Waals surface area contributed by atoms with Crippen molar-refractivity contribution >= 4 is 24.2 Å². The van der Waals surface area contributed by atoms with Gasteiger partial charge in [0.1, 0.15) is 0 Å². The van der Waals surface area contributed by atoms with Crippen molar-refractivity contribution in [2.75, 3.05) is 19.0 Å². The Morgan fingerprint density at radius 1 is 0.968 bits per heavy atom. The number of aromatic nitrogens is 1. The zero-order chi connectivity index (χ0) is 21.6. The number of hydrogen-bond donors (Lipinski definition) is 1. The van der Waals surface area contributed by atoms with Crippen LogP contribution < -0.4 is 20.8 Å². The molecule has 0 bridgehead atoms. The number of hydrogen-bond acceptors (Lipinski definition) is 3. The van der Waals surface area contributed by atoms with Crippen molar-refractivity contribution in [3.8, 4) is 0 Å². The highest BCUT2D eigenvalue weighted by molar-refractivity contribution is 7.73. The summed E-state index contributed by atoms with van der Waals surface area (Å²) in [5.74, 6) is 0.684. The van der Waals surface area contributed by atoms with Gasteiger partial charge in [0.25, 0.3) is 0 Å². The van der Waals surface area contributed by atoms with Crippen LogP contribution in [0.1, 0.15) is 31.9 Å². The maximum Gasteiger partial charge on any atom is 0.0562 e. The molecule has 1 N–H and O–H groups in total. The van der Waals surface area contributed by atoms with Crippen LogP contribution in [0.5, 0.6) is 0 Å². The lowest BCUT2D eigenvalue weighted by Crippen LogP contribution is -2.38. The number of nitrogens with one attached hydrogen (secondary N) is 1. The van der Waals surface area contributed by atoms with Gasteiger partial charge in [-0.15, -0.1) is 0 Å². The largest absolute Gasteiger partial charge is 0.378 e. The van der Waals surface area contributed by atoms with Crippen molar-refractivity contribution in [2.24, 2.45) is 5.92 Å². The molecule has 162 valence electrons. The molecule has 4 rings (SSSR count). The van der Waals surface area contributed by atoms with E-state index in [1.807, 2.05) is 6.20 Å². The quantitative estimate of drug-likeness (QED) is 0.513. The maximum atomic E-state index is 4.58. The number of benzene rings is 2. The molecule has 1 heterocycles. The highest BCUT2D eigenvalue weighted by Gasteiger charge is 2.37. The van der Waals surface area contributed by atoms with Gasteiger partial charge in [-0.05, 0) is 62.0 Å². The van der Waals surface area contributed by atoms with Crippen molar-refractivity contribution in [3.63, 3.8) is 0 Å². The molecule has 4 heteroatoms. The van der Waals surface area contributed by atoms with E-state index in [0.717, 1.165) is 12.2 Å². The molecule has 1 saturated carbocycles. The summed E-state index contributed by atoms with van der Waals surface area (Å²) < 4.78 is 0. The van der Waals surface area contributed by atoms with Crippen LogP contribution in [0.3, 0.4) is 0 Å². The highest BCUT2D eigenvalue weighted by Crippen LogP contribution is 2.50. The van der Waals surface area contributed by atoms with E-state index in [4.69, 9.17) is 0 Å².